The fourth-order valence-corrected chi connectivity index (χ4v) is 14.1. The molecular weight excluding hydrogens is 1030 g/mol. The highest BCUT2D eigenvalue weighted by Gasteiger charge is 2.49. The number of hydrogen-bond donors (Lipinski definition) is 4. The molecule has 404 valence electrons. The lowest BCUT2D eigenvalue weighted by molar-refractivity contribution is -0.161. The predicted octanol–water partition coefficient (Wildman–Crippen LogP) is 6.24. The van der Waals surface area contributed by atoms with Crippen LogP contribution in [0.5, 0.6) is 5.88 Å². The molecule has 5 aliphatic heterocycles. The molecule has 9 heterocycles. The molecule has 5 amide bonds. The van der Waals surface area contributed by atoms with Crippen molar-refractivity contribution in [3.63, 3.8) is 0 Å². The number of amides is 5. The number of piperidine rings is 2. The van der Waals surface area contributed by atoms with Crippen molar-refractivity contribution in [2.75, 3.05) is 66.4 Å². The largest absolute Gasteiger partial charge is 0.480 e. The molecule has 3 fully saturated rings. The minimum atomic E-state index is -5.06. The Morgan fingerprint density at radius 1 is 0.792 bits per heavy atom. The van der Waals surface area contributed by atoms with E-state index >= 15 is 0 Å². The summed E-state index contributed by atoms with van der Waals surface area (Å²) in [5.74, 6) is -1.66. The van der Waals surface area contributed by atoms with Crippen molar-refractivity contribution in [2.24, 2.45) is 0 Å². The summed E-state index contributed by atoms with van der Waals surface area (Å²) in [6.07, 6.45) is 9.24. The number of anilines is 5. The number of rotatable bonds is 13. The average molecular weight is 1090 g/mol. The number of fused-ring (bicyclic) bond motifs is 4. The first-order chi connectivity index (χ1) is 37.0. The number of methoxy groups -OCH3 is 1. The highest BCUT2D eigenvalue weighted by Crippen LogP contribution is 2.43. The minimum Gasteiger partial charge on any atom is -0.480 e. The van der Waals surface area contributed by atoms with Gasteiger partial charge in [0.15, 0.2) is 0 Å². The second-order valence-electron chi connectivity index (χ2n) is 20.6. The summed E-state index contributed by atoms with van der Waals surface area (Å²) >= 11 is 1.62. The first kappa shape index (κ1) is 52.4. The molecular formula is C54H61N10O11PS. The number of benzene rings is 1. The van der Waals surface area contributed by atoms with Crippen molar-refractivity contribution < 1.29 is 52.7 Å². The number of aliphatic hydroxyl groups excluding tert-OH is 1. The van der Waals surface area contributed by atoms with E-state index in [-0.39, 0.29) is 35.9 Å². The van der Waals surface area contributed by atoms with Gasteiger partial charge in [0, 0.05) is 91.9 Å². The van der Waals surface area contributed by atoms with Gasteiger partial charge in [-0.2, -0.15) is 0 Å². The van der Waals surface area contributed by atoms with Gasteiger partial charge in [0.2, 0.25) is 11.8 Å². The van der Waals surface area contributed by atoms with Gasteiger partial charge < -0.3 is 34.7 Å². The second-order valence-corrected chi connectivity index (χ2v) is 22.9. The fraction of sp³-hybridized carbons (Fsp3) is 0.444. The first-order valence-corrected chi connectivity index (χ1v) is 28.6. The third-order valence-corrected chi connectivity index (χ3v) is 17.8. The number of aliphatic hydroxyl groups is 1. The number of pyridine rings is 3. The number of likely N-dealkylation sites (tertiary alicyclic amines) is 1. The molecule has 3 saturated heterocycles. The highest BCUT2D eigenvalue weighted by atomic mass is 32.1. The van der Waals surface area contributed by atoms with Gasteiger partial charge in [0.25, 0.3) is 23.6 Å². The van der Waals surface area contributed by atoms with Crippen LogP contribution in [0.15, 0.2) is 61.1 Å². The first-order valence-electron chi connectivity index (χ1n) is 26.2. The molecule has 0 radical (unpaired) electrons. The molecule has 1 aromatic carbocycles. The molecule has 1 aliphatic carbocycles. The number of ether oxygens (including phenoxy) is 1. The van der Waals surface area contributed by atoms with Crippen LogP contribution in [0.25, 0.3) is 11.1 Å². The van der Waals surface area contributed by atoms with Crippen molar-refractivity contribution in [1.29, 1.82) is 0 Å². The van der Waals surface area contributed by atoms with Gasteiger partial charge in [-0.05, 0) is 131 Å². The van der Waals surface area contributed by atoms with Gasteiger partial charge in [0.1, 0.15) is 29.6 Å². The van der Waals surface area contributed by atoms with Crippen LogP contribution in [0.1, 0.15) is 117 Å². The molecule has 5 aromatic rings. The zero-order valence-corrected chi connectivity index (χ0v) is 45.0. The Morgan fingerprint density at radius 2 is 1.56 bits per heavy atom. The number of aryl methyl sites for hydroxylation is 1. The van der Waals surface area contributed by atoms with Gasteiger partial charge in [-0.25, -0.2) is 19.5 Å². The van der Waals surface area contributed by atoms with Crippen LogP contribution < -0.4 is 24.8 Å². The van der Waals surface area contributed by atoms with Gasteiger partial charge >= 0.3 is 7.82 Å². The zero-order valence-electron chi connectivity index (χ0n) is 43.3. The molecule has 4 atom stereocenters. The van der Waals surface area contributed by atoms with Gasteiger partial charge in [0.05, 0.1) is 41.1 Å². The molecule has 0 saturated carbocycles. The van der Waals surface area contributed by atoms with E-state index in [1.54, 1.807) is 60.9 Å². The molecule has 4 N–H and O–H groups in total. The molecule has 77 heavy (non-hydrogen) atoms. The number of carbonyl (C=O) groups is 5. The van der Waals surface area contributed by atoms with Crippen molar-refractivity contribution in [3.8, 4) is 17.0 Å². The van der Waals surface area contributed by atoms with E-state index in [0.717, 1.165) is 106 Å². The number of phosphoric acid groups is 1. The summed E-state index contributed by atoms with van der Waals surface area (Å²) in [5, 5.41) is 14.7. The van der Waals surface area contributed by atoms with E-state index < -0.39 is 49.8 Å². The summed E-state index contributed by atoms with van der Waals surface area (Å²) in [7, 11) is -3.50. The Bertz CT molecular complexity index is 3230. The van der Waals surface area contributed by atoms with Crippen LogP contribution in [0.4, 0.5) is 28.7 Å². The third-order valence-electron chi connectivity index (χ3n) is 15.9. The zero-order chi connectivity index (χ0) is 54.0. The molecule has 23 heteroatoms. The van der Waals surface area contributed by atoms with E-state index in [0.29, 0.717) is 57.4 Å². The van der Waals surface area contributed by atoms with Crippen molar-refractivity contribution in [2.45, 2.75) is 109 Å². The summed E-state index contributed by atoms with van der Waals surface area (Å²) in [4.78, 5) is 113. The number of hydrogen-bond acceptors (Lipinski definition) is 17. The van der Waals surface area contributed by atoms with Crippen molar-refractivity contribution >= 4 is 77.4 Å². The van der Waals surface area contributed by atoms with E-state index in [9.17, 15) is 43.4 Å². The van der Waals surface area contributed by atoms with Crippen LogP contribution in [-0.4, -0.2) is 145 Å². The normalized spacial score (nSPS) is 21.3. The Kier molecular flexibility index (Phi) is 14.3. The van der Waals surface area contributed by atoms with Crippen molar-refractivity contribution in [1.82, 2.24) is 29.7 Å². The van der Waals surface area contributed by atoms with Crippen LogP contribution >= 0.6 is 19.2 Å². The number of aromatic nitrogens is 3. The Morgan fingerprint density at radius 3 is 2.29 bits per heavy atom. The van der Waals surface area contributed by atoms with Crippen LogP contribution in [0.3, 0.4) is 0 Å². The molecule has 2 unspecified atom stereocenters. The highest BCUT2D eigenvalue weighted by molar-refractivity contribution is 7.46. The maximum Gasteiger partial charge on any atom is 0.471 e. The lowest BCUT2D eigenvalue weighted by Crippen LogP contribution is -2.58. The number of nitrogens with zero attached hydrogens (tertiary/aromatic N) is 9. The SMILES string of the molecule is COc1ncc(-c2ccnc(N3CCc4c(sc5c4CCCC5)C3=O)c2[C@H](C)O)cc1Nc1ccc(N2CCN(C3CCN(c4ccc5c(c4)C(=O)N(C4CCC(=O)N(C(C)OP(=O)(O)O)C4=O)C5=O)CC3)C[C@@H]2C)cn1. The summed E-state index contributed by atoms with van der Waals surface area (Å²) < 4.78 is 21.8. The Labute approximate surface area is 449 Å². The smallest absolute Gasteiger partial charge is 0.471 e. The van der Waals surface area contributed by atoms with Gasteiger partial charge in [-0.3, -0.25) is 48.1 Å². The fourth-order valence-electron chi connectivity index (χ4n) is 12.3. The van der Waals surface area contributed by atoms with E-state index in [1.807, 2.05) is 24.4 Å². The van der Waals surface area contributed by atoms with Gasteiger partial charge in [-0.15, -0.1) is 11.3 Å². The van der Waals surface area contributed by atoms with Crippen LogP contribution in [0, 0.1) is 0 Å². The molecule has 6 aliphatic rings. The minimum absolute atomic E-state index is 0.0649. The maximum absolute atomic E-state index is 14.1. The number of piperazine rings is 1. The topological polar surface area (TPSA) is 252 Å². The lowest BCUT2D eigenvalue weighted by Gasteiger charge is -2.46. The van der Waals surface area contributed by atoms with Crippen LogP contribution in [-0.2, 0) is 37.9 Å². The van der Waals surface area contributed by atoms with E-state index in [2.05, 4.69) is 42.5 Å². The molecule has 4 aromatic heterocycles. The quantitative estimate of drug-likeness (QED) is 0.0753. The monoisotopic (exact) mass is 1090 g/mol. The van der Waals surface area contributed by atoms with E-state index in [1.165, 1.54) is 16.0 Å². The second kappa shape index (κ2) is 21.0. The number of phosphoric ester groups is 1. The number of imide groups is 2. The van der Waals surface area contributed by atoms with Crippen molar-refractivity contribution in [3.05, 3.63) is 98.6 Å². The standard InChI is InChI=1S/C54H61N10O11PS/c1-30-29-60(34-16-20-59(21-17-34)35-9-11-40-41(26-35)52(68)64(51(40)67)43-12-14-46(66)63(53(43)69)32(3)75-76(71,72)73)23-24-61(30)36-10-13-45(56-28-36)58-42-25-33(27-57-50(42)74-4)37-15-19-55-49(47(37)31(2)65)62-22-18-39-38-7-5-6-8-44(38)77-48(39)54(62)70/h9-11,13,15,19,25-28,30-32,34,43,65H,5-8,12,14,16-18,20-24,29H2,1-4H3,(H,56,58)(H2,71,72,73)/t30-,31-,32?,43?/m0/s1. The lowest BCUT2D eigenvalue weighted by atomic mass is 9.91. The molecule has 0 bridgehead atoms. The van der Waals surface area contributed by atoms with Crippen LogP contribution in [0.2, 0.25) is 0 Å². The maximum atomic E-state index is 14.1. The number of nitrogens with one attached hydrogen (secondary N) is 1. The number of thiophene rings is 1. The Hall–Kier alpha value is -6.65. The summed E-state index contributed by atoms with van der Waals surface area (Å²) in [6.45, 7) is 9.51. The molecule has 21 nitrogen and oxygen atoms in total. The predicted molar refractivity (Wildman–Crippen MR) is 287 cm³/mol. The van der Waals surface area contributed by atoms with Gasteiger partial charge in [-0.1, -0.05) is 0 Å². The average Bonchev–Trinajstić information content (AvgIpc) is 3.93. The van der Waals surface area contributed by atoms with E-state index in [4.69, 9.17) is 14.7 Å². The summed E-state index contributed by atoms with van der Waals surface area (Å²) in [6, 6.07) is 12.0. The molecule has 0 spiro atoms. The number of carbonyl (C=O) groups excluding carboxylic acids is 5. The third kappa shape index (κ3) is 9.89. The summed E-state index contributed by atoms with van der Waals surface area (Å²) in [5.41, 5.74) is 7.18. The molecule has 11 rings (SSSR count). The Balaban J connectivity index is 0.709.